The summed E-state index contributed by atoms with van der Waals surface area (Å²) in [6.45, 7) is 15.1. The molecule has 0 aromatic heterocycles. The van der Waals surface area contributed by atoms with Crippen LogP contribution in [0, 0.1) is 0 Å². The largest absolute Gasteiger partial charge is 0.306 e. The van der Waals surface area contributed by atoms with E-state index in [1.165, 1.54) is 45.2 Å². The molecule has 0 saturated carbocycles. The molecule has 0 aliphatic carbocycles. The maximum Gasteiger partial charge on any atom is -0.00218 e. The van der Waals surface area contributed by atoms with E-state index in [9.17, 15) is 0 Å². The van der Waals surface area contributed by atoms with E-state index in [4.69, 9.17) is 0 Å². The van der Waals surface area contributed by atoms with Gasteiger partial charge in [-0.3, -0.25) is 0 Å². The van der Waals surface area contributed by atoms with E-state index in [0.717, 1.165) is 0 Å². The van der Waals surface area contributed by atoms with Crippen LogP contribution in [0.2, 0.25) is 0 Å². The fourth-order valence-corrected chi connectivity index (χ4v) is 1.05. The Bertz CT molecular complexity index is 63.7. The Balaban J connectivity index is -0.000000154. The first-order valence-electron chi connectivity index (χ1n) is 6.91. The molecule has 0 bridgehead atoms. The predicted molar refractivity (Wildman–Crippen MR) is 74.6 cm³/mol. The summed E-state index contributed by atoms with van der Waals surface area (Å²) in [5.41, 5.74) is 0. The molecule has 0 amide bonds. The maximum atomic E-state index is 2.39. The first kappa shape index (κ1) is 20.4. The third kappa shape index (κ3) is 31.5. The molecule has 1 aliphatic heterocycles. The van der Waals surface area contributed by atoms with E-state index < -0.39 is 0 Å². The van der Waals surface area contributed by atoms with Crippen molar-refractivity contribution in [2.24, 2.45) is 0 Å². The lowest BCUT2D eigenvalue weighted by Crippen LogP contribution is -2.24. The number of hydrogen-bond acceptors (Lipinski definition) is 1. The van der Waals surface area contributed by atoms with Gasteiger partial charge < -0.3 is 4.90 Å². The molecule has 1 saturated heterocycles. The van der Waals surface area contributed by atoms with Gasteiger partial charge in [0.05, 0.1) is 0 Å². The second-order valence-electron chi connectivity index (χ2n) is 3.78. The standard InChI is InChI=1S/C6H13N.2C3H8.C2H6/c1-7-5-3-2-4-6-7;2*1-3-2;1-2/h2-6H2,1H3;2*3H2,1-2H3;1-2H3. The monoisotopic (exact) mass is 217 g/mol. The Kier molecular flexibility index (Phi) is 32.1. The highest BCUT2D eigenvalue weighted by atomic mass is 15.1. The zero-order chi connectivity index (χ0) is 12.5. The van der Waals surface area contributed by atoms with Crippen LogP contribution in [0.15, 0.2) is 0 Å². The van der Waals surface area contributed by atoms with Gasteiger partial charge in [0.15, 0.2) is 0 Å². The van der Waals surface area contributed by atoms with Crippen molar-refractivity contribution in [3.63, 3.8) is 0 Å². The van der Waals surface area contributed by atoms with Crippen LogP contribution < -0.4 is 0 Å². The summed E-state index contributed by atoms with van der Waals surface area (Å²) < 4.78 is 0. The molecule has 96 valence electrons. The van der Waals surface area contributed by atoms with Gasteiger partial charge in [0, 0.05) is 0 Å². The fraction of sp³-hybridized carbons (Fsp3) is 1.00. The molecule has 15 heavy (non-hydrogen) atoms. The molecule has 1 heteroatoms. The van der Waals surface area contributed by atoms with Crippen molar-refractivity contribution in [1.82, 2.24) is 4.90 Å². The van der Waals surface area contributed by atoms with Crippen LogP contribution in [0.3, 0.4) is 0 Å². The van der Waals surface area contributed by atoms with E-state index in [1.807, 2.05) is 13.8 Å². The Hall–Kier alpha value is -0.0400. The average molecular weight is 217 g/mol. The lowest BCUT2D eigenvalue weighted by molar-refractivity contribution is 0.277. The van der Waals surface area contributed by atoms with Crippen molar-refractivity contribution in [2.75, 3.05) is 20.1 Å². The third-order valence-electron chi connectivity index (χ3n) is 1.58. The number of piperidine rings is 1. The molecule has 1 rings (SSSR count). The molecule has 0 unspecified atom stereocenters. The minimum absolute atomic E-state index is 1.25. The lowest BCUT2D eigenvalue weighted by Gasteiger charge is -2.20. The van der Waals surface area contributed by atoms with Gasteiger partial charge in [-0.25, -0.2) is 0 Å². The van der Waals surface area contributed by atoms with Gasteiger partial charge in [0.2, 0.25) is 0 Å². The van der Waals surface area contributed by atoms with E-state index >= 15 is 0 Å². The van der Waals surface area contributed by atoms with E-state index in [2.05, 4.69) is 39.6 Å². The van der Waals surface area contributed by atoms with Crippen molar-refractivity contribution in [3.8, 4) is 0 Å². The summed E-state index contributed by atoms with van der Waals surface area (Å²) in [4.78, 5) is 2.39. The highest BCUT2D eigenvalue weighted by Crippen LogP contribution is 2.04. The van der Waals surface area contributed by atoms with Crippen molar-refractivity contribution < 1.29 is 0 Å². The minimum Gasteiger partial charge on any atom is -0.306 e. The summed E-state index contributed by atoms with van der Waals surface area (Å²) in [5, 5.41) is 0. The normalized spacial score (nSPS) is 14.6. The van der Waals surface area contributed by atoms with Gasteiger partial charge in [-0.1, -0.05) is 60.8 Å². The van der Waals surface area contributed by atoms with Crippen LogP contribution in [0.4, 0.5) is 0 Å². The molecule has 0 spiro atoms. The maximum absolute atomic E-state index is 2.39. The molecule has 0 aromatic carbocycles. The van der Waals surface area contributed by atoms with Gasteiger partial charge in [-0.05, 0) is 33.0 Å². The van der Waals surface area contributed by atoms with Crippen LogP contribution in [0.25, 0.3) is 0 Å². The van der Waals surface area contributed by atoms with Crippen molar-refractivity contribution >= 4 is 0 Å². The minimum atomic E-state index is 1.25. The van der Waals surface area contributed by atoms with Crippen LogP contribution in [0.5, 0.6) is 0 Å². The fourth-order valence-electron chi connectivity index (χ4n) is 1.05. The van der Waals surface area contributed by atoms with Gasteiger partial charge in [-0.2, -0.15) is 0 Å². The SMILES string of the molecule is CC.CCC.CCC.CN1CCCCC1. The number of hydrogen-bond donors (Lipinski definition) is 0. The molecule has 1 aliphatic rings. The summed E-state index contributed by atoms with van der Waals surface area (Å²) in [6, 6.07) is 0. The Labute approximate surface area is 99.3 Å². The quantitative estimate of drug-likeness (QED) is 0.554. The summed E-state index contributed by atoms with van der Waals surface area (Å²) in [7, 11) is 2.19. The molecule has 0 radical (unpaired) electrons. The molecule has 0 N–H and O–H groups in total. The van der Waals surface area contributed by atoms with E-state index in [1.54, 1.807) is 0 Å². The molecule has 1 fully saturated rings. The van der Waals surface area contributed by atoms with Gasteiger partial charge in [-0.15, -0.1) is 0 Å². The summed E-state index contributed by atoms with van der Waals surface area (Å²) in [5.74, 6) is 0. The molecule has 1 heterocycles. The second-order valence-corrected chi connectivity index (χ2v) is 3.78. The number of nitrogens with zero attached hydrogens (tertiary/aromatic N) is 1. The Morgan fingerprint density at radius 3 is 1.13 bits per heavy atom. The topological polar surface area (TPSA) is 3.24 Å². The summed E-state index contributed by atoms with van der Waals surface area (Å²) in [6.07, 6.45) is 6.78. The molecular formula is C14H35N. The Morgan fingerprint density at radius 1 is 0.733 bits per heavy atom. The zero-order valence-electron chi connectivity index (χ0n) is 12.4. The second kappa shape index (κ2) is 23.6. The molecule has 1 nitrogen and oxygen atoms in total. The lowest BCUT2D eigenvalue weighted by atomic mass is 10.1. The molecule has 0 aromatic rings. The predicted octanol–water partition coefficient (Wildman–Crippen LogP) is 4.96. The third-order valence-corrected chi connectivity index (χ3v) is 1.58. The van der Waals surface area contributed by atoms with Crippen LogP contribution in [0.1, 0.15) is 73.6 Å². The van der Waals surface area contributed by atoms with Crippen molar-refractivity contribution in [2.45, 2.75) is 73.6 Å². The van der Waals surface area contributed by atoms with Gasteiger partial charge in [0.25, 0.3) is 0 Å². The highest BCUT2D eigenvalue weighted by molar-refractivity contribution is 4.58. The van der Waals surface area contributed by atoms with Crippen LogP contribution in [-0.4, -0.2) is 25.0 Å². The average Bonchev–Trinajstić information content (AvgIpc) is 2.24. The smallest absolute Gasteiger partial charge is 0.00218 e. The first-order valence-corrected chi connectivity index (χ1v) is 6.91. The van der Waals surface area contributed by atoms with Gasteiger partial charge in [0.1, 0.15) is 0 Å². The Morgan fingerprint density at radius 2 is 1.00 bits per heavy atom. The van der Waals surface area contributed by atoms with Crippen molar-refractivity contribution in [3.05, 3.63) is 0 Å². The zero-order valence-corrected chi connectivity index (χ0v) is 12.4. The first-order chi connectivity index (χ1) is 7.22. The van der Waals surface area contributed by atoms with Gasteiger partial charge >= 0.3 is 0 Å². The van der Waals surface area contributed by atoms with Crippen LogP contribution >= 0.6 is 0 Å². The van der Waals surface area contributed by atoms with E-state index in [-0.39, 0.29) is 0 Å². The summed E-state index contributed by atoms with van der Waals surface area (Å²) >= 11 is 0. The van der Waals surface area contributed by atoms with E-state index in [0.29, 0.717) is 0 Å². The highest BCUT2D eigenvalue weighted by Gasteiger charge is 2.02. The van der Waals surface area contributed by atoms with Crippen molar-refractivity contribution in [1.29, 1.82) is 0 Å². The number of likely N-dealkylation sites (tertiary alicyclic amines) is 1. The van der Waals surface area contributed by atoms with Crippen LogP contribution in [-0.2, 0) is 0 Å². The number of rotatable bonds is 0. The molecule has 0 atom stereocenters. The molecular weight excluding hydrogens is 182 g/mol.